The quantitative estimate of drug-likeness (QED) is 0.431. The van der Waals surface area contributed by atoms with Crippen molar-refractivity contribution in [3.63, 3.8) is 0 Å². The predicted octanol–water partition coefficient (Wildman–Crippen LogP) is 3.92. The van der Waals surface area contributed by atoms with Crippen LogP contribution in [0, 0.1) is 0 Å². The molecule has 2 nitrogen and oxygen atoms in total. The van der Waals surface area contributed by atoms with Crippen molar-refractivity contribution in [1.82, 2.24) is 0 Å². The van der Waals surface area contributed by atoms with Gasteiger partial charge in [0.2, 0.25) is 0 Å². The fourth-order valence-electron chi connectivity index (χ4n) is 1.66. The third-order valence-electron chi connectivity index (χ3n) is 2.69. The van der Waals surface area contributed by atoms with Crippen LogP contribution in [0.15, 0.2) is 12.3 Å². The Labute approximate surface area is 108 Å². The van der Waals surface area contributed by atoms with Gasteiger partial charge in [0.1, 0.15) is 14.9 Å². The molecule has 0 aromatic carbocycles. The minimum atomic E-state index is -0.405. The number of rotatable bonds is 5. The maximum absolute atomic E-state index is 11.3. The van der Waals surface area contributed by atoms with Crippen LogP contribution in [-0.4, -0.2) is 15.1 Å². The lowest BCUT2D eigenvalue weighted by Crippen LogP contribution is -2.30. The van der Waals surface area contributed by atoms with Crippen LogP contribution < -0.4 is 0 Å². The molecule has 0 spiro atoms. The molecule has 0 aliphatic carbocycles. The Hall–Kier alpha value is 0.170. The number of esters is 1. The molecule has 1 heterocycles. The van der Waals surface area contributed by atoms with E-state index in [4.69, 9.17) is 4.74 Å². The summed E-state index contributed by atoms with van der Waals surface area (Å²) < 4.78 is 4.61. The summed E-state index contributed by atoms with van der Waals surface area (Å²) in [7, 11) is 0. The van der Waals surface area contributed by atoms with Crippen molar-refractivity contribution in [3.05, 3.63) is 12.3 Å². The van der Waals surface area contributed by atoms with E-state index in [9.17, 15) is 4.79 Å². The first-order valence-electron chi connectivity index (χ1n) is 5.26. The molecule has 4 heteroatoms. The highest BCUT2D eigenvalue weighted by Gasteiger charge is 2.50. The van der Waals surface area contributed by atoms with Crippen LogP contribution >= 0.6 is 31.9 Å². The lowest BCUT2D eigenvalue weighted by Gasteiger charge is -2.22. The molecular weight excluding hydrogens is 324 g/mol. The summed E-state index contributed by atoms with van der Waals surface area (Å²) in [4.78, 5) is 11.0. The lowest BCUT2D eigenvalue weighted by atomic mass is 9.97. The smallest absolute Gasteiger partial charge is 0.326 e. The fraction of sp³-hybridized carbons (Fsp3) is 0.727. The molecule has 1 aliphatic heterocycles. The third-order valence-corrected chi connectivity index (χ3v) is 5.76. The number of allylic oxidation sites excluding steroid dienone is 1. The molecule has 2 unspecified atom stereocenters. The molecule has 2 atom stereocenters. The molecule has 0 N–H and O–H groups in total. The number of cyclic esters (lactones) is 1. The summed E-state index contributed by atoms with van der Waals surface area (Å²) in [6, 6.07) is 0. The van der Waals surface area contributed by atoms with E-state index in [1.807, 2.05) is 0 Å². The summed E-state index contributed by atoms with van der Waals surface area (Å²) in [5.74, 6) is 0.290. The van der Waals surface area contributed by atoms with Gasteiger partial charge in [-0.1, -0.05) is 71.0 Å². The monoisotopic (exact) mass is 338 g/mol. The zero-order valence-corrected chi connectivity index (χ0v) is 12.1. The van der Waals surface area contributed by atoms with Crippen LogP contribution in [-0.2, 0) is 9.53 Å². The second-order valence-corrected chi connectivity index (χ2v) is 6.21. The lowest BCUT2D eigenvalue weighted by molar-refractivity contribution is -0.134. The van der Waals surface area contributed by atoms with E-state index < -0.39 is 4.32 Å². The Morgan fingerprint density at radius 1 is 1.47 bits per heavy atom. The topological polar surface area (TPSA) is 26.3 Å². The van der Waals surface area contributed by atoms with Crippen molar-refractivity contribution in [3.8, 4) is 0 Å². The van der Waals surface area contributed by atoms with Crippen LogP contribution in [0.5, 0.6) is 0 Å². The number of halogens is 2. The first kappa shape index (κ1) is 13.2. The Bertz CT molecular complexity index is 265. The Kier molecular flexibility index (Phi) is 4.84. The second-order valence-electron chi connectivity index (χ2n) is 3.88. The summed E-state index contributed by atoms with van der Waals surface area (Å²) >= 11 is 6.93. The average Bonchev–Trinajstić information content (AvgIpc) is 2.39. The second kappa shape index (κ2) is 5.48. The molecule has 0 aromatic heterocycles. The van der Waals surface area contributed by atoms with Gasteiger partial charge in [0.25, 0.3) is 0 Å². The van der Waals surface area contributed by atoms with Gasteiger partial charge < -0.3 is 4.74 Å². The maximum Gasteiger partial charge on any atom is 0.326 e. The molecule has 1 rings (SSSR count). The standard InChI is InChI=1S/C11H16Br2O2/c1-3-4-5-6-7-11(13)8(2)15-10(14)9(11)12/h9H,2-7H2,1H3. The molecule has 0 radical (unpaired) electrons. The van der Waals surface area contributed by atoms with E-state index >= 15 is 0 Å². The predicted molar refractivity (Wildman–Crippen MR) is 68.4 cm³/mol. The van der Waals surface area contributed by atoms with E-state index in [0.717, 1.165) is 12.8 Å². The van der Waals surface area contributed by atoms with Crippen molar-refractivity contribution >= 4 is 37.8 Å². The van der Waals surface area contributed by atoms with Crippen LogP contribution in [0.1, 0.15) is 39.0 Å². The van der Waals surface area contributed by atoms with E-state index in [0.29, 0.717) is 5.76 Å². The van der Waals surface area contributed by atoms with Crippen LogP contribution in [0.4, 0.5) is 0 Å². The normalized spacial score (nSPS) is 30.7. The van der Waals surface area contributed by atoms with Gasteiger partial charge in [0.15, 0.2) is 0 Å². The Balaban J connectivity index is 2.50. The zero-order chi connectivity index (χ0) is 11.5. The van der Waals surface area contributed by atoms with Crippen LogP contribution in [0.3, 0.4) is 0 Å². The minimum Gasteiger partial charge on any atom is -0.429 e. The van der Waals surface area contributed by atoms with Gasteiger partial charge >= 0.3 is 5.97 Å². The van der Waals surface area contributed by atoms with Crippen LogP contribution in [0.2, 0.25) is 0 Å². The van der Waals surface area contributed by atoms with Crippen molar-refractivity contribution in [2.45, 2.75) is 48.2 Å². The summed E-state index contributed by atoms with van der Waals surface area (Å²) in [5, 5.41) is 0. The molecule has 0 amide bonds. The highest BCUT2D eigenvalue weighted by molar-refractivity contribution is 9.13. The average molecular weight is 340 g/mol. The number of carbonyl (C=O) groups excluding carboxylic acids is 1. The van der Waals surface area contributed by atoms with Crippen LogP contribution in [0.25, 0.3) is 0 Å². The van der Waals surface area contributed by atoms with Gasteiger partial charge in [-0.05, 0) is 6.42 Å². The zero-order valence-electron chi connectivity index (χ0n) is 8.89. The minimum absolute atomic E-state index is 0.243. The van der Waals surface area contributed by atoms with E-state index in [1.54, 1.807) is 0 Å². The number of carbonyl (C=O) groups is 1. The summed E-state index contributed by atoms with van der Waals surface area (Å²) in [6.07, 6.45) is 5.59. The molecule has 1 aliphatic rings. The van der Waals surface area contributed by atoms with Gasteiger partial charge in [-0.15, -0.1) is 0 Å². The van der Waals surface area contributed by atoms with Gasteiger partial charge in [-0.3, -0.25) is 4.79 Å². The van der Waals surface area contributed by atoms with Crippen molar-refractivity contribution in [2.75, 3.05) is 0 Å². The summed E-state index contributed by atoms with van der Waals surface area (Å²) in [6.45, 7) is 5.97. The fourth-order valence-corrected chi connectivity index (χ4v) is 2.79. The molecule has 1 saturated heterocycles. The van der Waals surface area contributed by atoms with E-state index in [2.05, 4.69) is 45.4 Å². The highest BCUT2D eigenvalue weighted by Crippen LogP contribution is 2.45. The molecular formula is C11H16Br2O2. The Morgan fingerprint density at radius 2 is 2.13 bits per heavy atom. The van der Waals surface area contributed by atoms with Gasteiger partial charge in [0.05, 0.1) is 0 Å². The summed E-state index contributed by atoms with van der Waals surface area (Å²) in [5.41, 5.74) is 0. The number of alkyl halides is 2. The first-order chi connectivity index (χ1) is 7.02. The number of hydrogen-bond acceptors (Lipinski definition) is 2. The Morgan fingerprint density at radius 3 is 2.60 bits per heavy atom. The largest absolute Gasteiger partial charge is 0.429 e. The maximum atomic E-state index is 11.3. The third kappa shape index (κ3) is 2.84. The molecule has 1 fully saturated rings. The molecule has 15 heavy (non-hydrogen) atoms. The van der Waals surface area contributed by atoms with E-state index in [1.165, 1.54) is 19.3 Å². The first-order valence-corrected chi connectivity index (χ1v) is 6.97. The number of hydrogen-bond donors (Lipinski definition) is 0. The SMILES string of the molecule is C=C1OC(=O)C(Br)C1(Br)CCCCCC. The van der Waals surface area contributed by atoms with Gasteiger partial charge in [0, 0.05) is 0 Å². The molecule has 86 valence electrons. The van der Waals surface area contributed by atoms with E-state index in [-0.39, 0.29) is 10.8 Å². The van der Waals surface area contributed by atoms with Crippen molar-refractivity contribution < 1.29 is 9.53 Å². The molecule has 0 bridgehead atoms. The van der Waals surface area contributed by atoms with Crippen molar-refractivity contribution in [2.24, 2.45) is 0 Å². The highest BCUT2D eigenvalue weighted by atomic mass is 79.9. The van der Waals surface area contributed by atoms with Crippen molar-refractivity contribution in [1.29, 1.82) is 0 Å². The van der Waals surface area contributed by atoms with Gasteiger partial charge in [-0.2, -0.15) is 0 Å². The number of ether oxygens (including phenoxy) is 1. The molecule has 0 aromatic rings. The van der Waals surface area contributed by atoms with Gasteiger partial charge in [-0.25, -0.2) is 0 Å². The number of unbranched alkanes of at least 4 members (excludes halogenated alkanes) is 3. The molecule has 0 saturated carbocycles.